The van der Waals surface area contributed by atoms with E-state index >= 15 is 0 Å². The van der Waals surface area contributed by atoms with Gasteiger partial charge in [-0.15, -0.1) is 0 Å². The lowest BCUT2D eigenvalue weighted by Crippen LogP contribution is -2.18. The topological polar surface area (TPSA) is 0 Å². The Morgan fingerprint density at radius 1 is 0.850 bits per heavy atom. The molecule has 20 heavy (non-hydrogen) atoms. The molecule has 0 aliphatic heterocycles. The molecule has 1 aromatic rings. The predicted molar refractivity (Wildman–Crippen MR) is 96.1 cm³/mol. The summed E-state index contributed by atoms with van der Waals surface area (Å²) in [4.78, 5) is 0. The summed E-state index contributed by atoms with van der Waals surface area (Å²) in [7, 11) is -0.792. The summed E-state index contributed by atoms with van der Waals surface area (Å²) in [5, 5.41) is 0. The molecule has 0 saturated heterocycles. The molecule has 112 valence electrons. The number of unbranched alkanes of at least 4 members (excludes halogenated alkanes) is 5. The second-order valence-electron chi connectivity index (χ2n) is 7.13. The van der Waals surface area contributed by atoms with Crippen LogP contribution in [-0.2, 0) is 6.42 Å². The molecule has 0 amide bonds. The van der Waals surface area contributed by atoms with Crippen LogP contribution in [0.2, 0.25) is 25.7 Å². The zero-order chi connectivity index (χ0) is 14.8. The van der Waals surface area contributed by atoms with Crippen LogP contribution in [0.3, 0.4) is 0 Å². The van der Waals surface area contributed by atoms with Crippen molar-refractivity contribution in [2.45, 2.75) is 70.6 Å². The summed E-state index contributed by atoms with van der Waals surface area (Å²) in [6.07, 6.45) is 11.6. The molecule has 0 unspecified atom stereocenters. The predicted octanol–water partition coefficient (Wildman–Crippen LogP) is 6.55. The molecule has 0 aliphatic rings. The molecule has 1 heteroatoms. The molecule has 0 heterocycles. The fourth-order valence-corrected chi connectivity index (χ4v) is 3.82. The molecule has 0 radical (unpaired) electrons. The SMILES string of the molecule is C=Cc1ccc(CCCCCCCC[Si](C)(C)C)cc1. The van der Waals surface area contributed by atoms with E-state index in [1.54, 1.807) is 0 Å². The third kappa shape index (κ3) is 8.37. The van der Waals surface area contributed by atoms with Gasteiger partial charge in [0.15, 0.2) is 0 Å². The van der Waals surface area contributed by atoms with E-state index < -0.39 is 8.07 Å². The number of aryl methyl sites for hydroxylation is 1. The second kappa shape index (κ2) is 9.18. The Hall–Kier alpha value is -0.823. The third-order valence-electron chi connectivity index (χ3n) is 3.86. The van der Waals surface area contributed by atoms with Crippen molar-refractivity contribution in [1.82, 2.24) is 0 Å². The quantitative estimate of drug-likeness (QED) is 0.338. The van der Waals surface area contributed by atoms with Gasteiger partial charge < -0.3 is 0 Å². The van der Waals surface area contributed by atoms with E-state index in [-0.39, 0.29) is 0 Å². The Bertz CT molecular complexity index is 370. The van der Waals surface area contributed by atoms with Crippen molar-refractivity contribution in [3.05, 3.63) is 42.0 Å². The third-order valence-corrected chi connectivity index (χ3v) is 5.71. The number of rotatable bonds is 10. The summed E-state index contributed by atoms with van der Waals surface area (Å²) >= 11 is 0. The summed E-state index contributed by atoms with van der Waals surface area (Å²) < 4.78 is 0. The average Bonchev–Trinajstić information content (AvgIpc) is 2.41. The van der Waals surface area contributed by atoms with Gasteiger partial charge in [0.25, 0.3) is 0 Å². The van der Waals surface area contributed by atoms with E-state index in [1.165, 1.54) is 62.1 Å². The number of benzene rings is 1. The van der Waals surface area contributed by atoms with Gasteiger partial charge in [-0.25, -0.2) is 0 Å². The molecule has 0 aromatic heterocycles. The fourth-order valence-electron chi connectivity index (χ4n) is 2.51. The van der Waals surface area contributed by atoms with Gasteiger partial charge in [-0.3, -0.25) is 0 Å². The minimum absolute atomic E-state index is 0.792. The molecule has 0 nitrogen and oxygen atoms in total. The van der Waals surface area contributed by atoms with Crippen LogP contribution in [0.5, 0.6) is 0 Å². The van der Waals surface area contributed by atoms with Gasteiger partial charge in [-0.2, -0.15) is 0 Å². The van der Waals surface area contributed by atoms with Gasteiger partial charge in [-0.05, 0) is 24.0 Å². The van der Waals surface area contributed by atoms with E-state index in [0.717, 1.165) is 0 Å². The first-order valence-corrected chi connectivity index (χ1v) is 11.9. The maximum absolute atomic E-state index is 3.79. The lowest BCUT2D eigenvalue weighted by molar-refractivity contribution is 0.606. The summed E-state index contributed by atoms with van der Waals surface area (Å²) in [5.74, 6) is 0. The molecule has 0 bridgehead atoms. The van der Waals surface area contributed by atoms with Gasteiger partial charge in [-0.1, -0.05) is 94.7 Å². The van der Waals surface area contributed by atoms with Gasteiger partial charge in [0.2, 0.25) is 0 Å². The molecule has 0 saturated carbocycles. The number of hydrogen-bond acceptors (Lipinski definition) is 0. The van der Waals surface area contributed by atoms with Crippen molar-refractivity contribution >= 4 is 14.1 Å². The summed E-state index contributed by atoms with van der Waals surface area (Å²) in [5.41, 5.74) is 2.69. The highest BCUT2D eigenvalue weighted by molar-refractivity contribution is 6.76. The summed E-state index contributed by atoms with van der Waals surface area (Å²) in [6, 6.07) is 10.3. The second-order valence-corrected chi connectivity index (χ2v) is 12.7. The first kappa shape index (κ1) is 17.2. The van der Waals surface area contributed by atoms with Crippen LogP contribution < -0.4 is 0 Å². The molecule has 0 aliphatic carbocycles. The zero-order valence-electron chi connectivity index (χ0n) is 13.8. The van der Waals surface area contributed by atoms with E-state index in [0.29, 0.717) is 0 Å². The molecular weight excluding hydrogens is 256 g/mol. The first-order valence-electron chi connectivity index (χ1n) is 8.23. The standard InChI is InChI=1S/C19H32Si/c1-5-18-13-15-19(16-14-18)12-10-8-6-7-9-11-17-20(2,3)4/h5,13-16H,1,6-12,17H2,2-4H3. The average molecular weight is 289 g/mol. The monoisotopic (exact) mass is 288 g/mol. The van der Waals surface area contributed by atoms with Crippen LogP contribution in [-0.4, -0.2) is 8.07 Å². The van der Waals surface area contributed by atoms with Crippen LogP contribution in [0, 0.1) is 0 Å². The Morgan fingerprint density at radius 3 is 1.95 bits per heavy atom. The van der Waals surface area contributed by atoms with E-state index in [4.69, 9.17) is 0 Å². The Kier molecular flexibility index (Phi) is 7.90. The molecule has 0 N–H and O–H groups in total. The van der Waals surface area contributed by atoms with E-state index in [1.807, 2.05) is 6.08 Å². The van der Waals surface area contributed by atoms with Gasteiger partial charge in [0, 0.05) is 8.07 Å². The van der Waals surface area contributed by atoms with Crippen molar-refractivity contribution in [1.29, 1.82) is 0 Å². The molecule has 1 aromatic carbocycles. The van der Waals surface area contributed by atoms with Crippen molar-refractivity contribution < 1.29 is 0 Å². The zero-order valence-corrected chi connectivity index (χ0v) is 14.8. The van der Waals surface area contributed by atoms with Crippen LogP contribution in [0.4, 0.5) is 0 Å². The van der Waals surface area contributed by atoms with Gasteiger partial charge >= 0.3 is 0 Å². The smallest absolute Gasteiger partial charge is 0.0442 e. The lowest BCUT2D eigenvalue weighted by Gasteiger charge is -2.14. The van der Waals surface area contributed by atoms with E-state index in [2.05, 4.69) is 50.5 Å². The maximum atomic E-state index is 3.79. The van der Waals surface area contributed by atoms with Crippen LogP contribution in [0.25, 0.3) is 6.08 Å². The van der Waals surface area contributed by atoms with Crippen LogP contribution >= 0.6 is 0 Å². The van der Waals surface area contributed by atoms with Crippen molar-refractivity contribution in [2.24, 2.45) is 0 Å². The fraction of sp³-hybridized carbons (Fsp3) is 0.579. The molecule has 0 fully saturated rings. The normalized spacial score (nSPS) is 11.6. The lowest BCUT2D eigenvalue weighted by atomic mass is 10.0. The summed E-state index contributed by atoms with van der Waals surface area (Å²) in [6.45, 7) is 11.2. The molecule has 1 rings (SSSR count). The Labute approximate surface area is 127 Å². The maximum Gasteiger partial charge on any atom is 0.0442 e. The molecular formula is C19H32Si. The molecule has 0 spiro atoms. The highest BCUT2D eigenvalue weighted by Gasteiger charge is 2.11. The van der Waals surface area contributed by atoms with E-state index in [9.17, 15) is 0 Å². The number of hydrogen-bond donors (Lipinski definition) is 0. The van der Waals surface area contributed by atoms with Gasteiger partial charge in [0.1, 0.15) is 0 Å². The Morgan fingerprint density at radius 2 is 1.40 bits per heavy atom. The largest absolute Gasteiger partial charge is 0.0985 e. The van der Waals surface area contributed by atoms with Crippen LogP contribution in [0.15, 0.2) is 30.8 Å². The minimum Gasteiger partial charge on any atom is -0.0985 e. The van der Waals surface area contributed by atoms with Crippen molar-refractivity contribution in [3.8, 4) is 0 Å². The van der Waals surface area contributed by atoms with Gasteiger partial charge in [0.05, 0.1) is 0 Å². The minimum atomic E-state index is -0.792. The highest BCUT2D eigenvalue weighted by atomic mass is 28.3. The van der Waals surface area contributed by atoms with Crippen LogP contribution in [0.1, 0.15) is 49.7 Å². The van der Waals surface area contributed by atoms with Crippen molar-refractivity contribution in [3.63, 3.8) is 0 Å². The first-order chi connectivity index (χ1) is 9.51. The Balaban J connectivity index is 2.00. The molecule has 0 atom stereocenters. The highest BCUT2D eigenvalue weighted by Crippen LogP contribution is 2.16. The van der Waals surface area contributed by atoms with Crippen molar-refractivity contribution in [2.75, 3.05) is 0 Å².